The lowest BCUT2D eigenvalue weighted by atomic mass is 9.88. The molecule has 0 amide bonds. The van der Waals surface area contributed by atoms with Gasteiger partial charge in [0.05, 0.1) is 6.04 Å². The largest absolute Gasteiger partial charge is 0.398 e. The topological polar surface area (TPSA) is 55.3 Å². The highest BCUT2D eigenvalue weighted by Gasteiger charge is 2.24. The molecule has 2 aromatic rings. The van der Waals surface area contributed by atoms with Crippen LogP contribution in [-0.2, 0) is 6.54 Å². The minimum Gasteiger partial charge on any atom is -0.398 e. The molecule has 1 heterocycles. The van der Waals surface area contributed by atoms with Gasteiger partial charge in [-0.2, -0.15) is 0 Å². The maximum atomic E-state index is 13.7. The molecule has 124 valence electrons. The fraction of sp³-hybridized carbons (Fsp3) is 0.200. The van der Waals surface area contributed by atoms with Crippen LogP contribution in [0.4, 0.5) is 10.1 Å². The number of halogens is 1. The fourth-order valence-corrected chi connectivity index (χ4v) is 3.15. The van der Waals surface area contributed by atoms with E-state index in [1.54, 1.807) is 6.92 Å². The molecule has 0 aromatic heterocycles. The minimum atomic E-state index is -0.184. The summed E-state index contributed by atoms with van der Waals surface area (Å²) in [6, 6.07) is 11.2. The van der Waals surface area contributed by atoms with Crippen molar-refractivity contribution in [3.8, 4) is 0 Å². The van der Waals surface area contributed by atoms with Crippen molar-refractivity contribution >= 4 is 11.3 Å². The number of hydrogen-bond acceptors (Lipinski definition) is 3. The van der Waals surface area contributed by atoms with E-state index in [2.05, 4.69) is 11.0 Å². The van der Waals surface area contributed by atoms with Gasteiger partial charge in [-0.3, -0.25) is 0 Å². The first kappa shape index (κ1) is 16.3. The van der Waals surface area contributed by atoms with Gasteiger partial charge in [0, 0.05) is 19.3 Å². The van der Waals surface area contributed by atoms with Crippen molar-refractivity contribution < 1.29 is 4.39 Å². The van der Waals surface area contributed by atoms with Crippen LogP contribution in [0.2, 0.25) is 0 Å². The molecular formula is C20H22FN3. The summed E-state index contributed by atoms with van der Waals surface area (Å²) in [5, 5.41) is 0. The number of benzene rings is 2. The van der Waals surface area contributed by atoms with E-state index in [0.29, 0.717) is 17.8 Å². The highest BCUT2D eigenvalue weighted by Crippen LogP contribution is 2.38. The molecule has 3 nitrogen and oxygen atoms in total. The normalized spacial score (nSPS) is 17.1. The number of nitrogens with two attached hydrogens (primary N) is 2. The van der Waals surface area contributed by atoms with Crippen LogP contribution < -0.4 is 11.5 Å². The van der Waals surface area contributed by atoms with E-state index in [4.69, 9.17) is 11.5 Å². The molecule has 0 radical (unpaired) electrons. The van der Waals surface area contributed by atoms with Gasteiger partial charge in [-0.05, 0) is 65.2 Å². The van der Waals surface area contributed by atoms with E-state index in [9.17, 15) is 4.39 Å². The molecule has 1 aliphatic heterocycles. The number of likely N-dealkylation sites (N-methyl/N-ethyl adjacent to an activating group) is 1. The van der Waals surface area contributed by atoms with Crippen molar-refractivity contribution in [1.29, 1.82) is 0 Å². The van der Waals surface area contributed by atoms with Crippen molar-refractivity contribution in [3.05, 3.63) is 82.8 Å². The molecule has 0 saturated heterocycles. The van der Waals surface area contributed by atoms with E-state index < -0.39 is 0 Å². The second-order valence-corrected chi connectivity index (χ2v) is 6.16. The van der Waals surface area contributed by atoms with Gasteiger partial charge in [0.15, 0.2) is 0 Å². The molecule has 1 atom stereocenters. The van der Waals surface area contributed by atoms with Gasteiger partial charge in [-0.1, -0.05) is 24.3 Å². The zero-order chi connectivity index (χ0) is 17.3. The second kappa shape index (κ2) is 6.49. The Bertz CT molecular complexity index is 824. The highest BCUT2D eigenvalue weighted by atomic mass is 19.1. The zero-order valence-electron chi connectivity index (χ0n) is 14.0. The Morgan fingerprint density at radius 3 is 2.67 bits per heavy atom. The Balaban J connectivity index is 2.08. The summed E-state index contributed by atoms with van der Waals surface area (Å²) in [6.45, 7) is 2.19. The number of anilines is 1. The van der Waals surface area contributed by atoms with Gasteiger partial charge < -0.3 is 16.4 Å². The number of allylic oxidation sites excluding steroid dienone is 2. The SMILES string of the molecule is Cc1cc(C2C(c3ccc(N)c(CN)c3)=CC=CN2C)ccc1F. The Morgan fingerprint density at radius 2 is 1.96 bits per heavy atom. The van der Waals surface area contributed by atoms with Crippen LogP contribution in [0, 0.1) is 12.7 Å². The predicted molar refractivity (Wildman–Crippen MR) is 97.5 cm³/mol. The first-order chi connectivity index (χ1) is 11.5. The van der Waals surface area contributed by atoms with Gasteiger partial charge in [0.2, 0.25) is 0 Å². The van der Waals surface area contributed by atoms with E-state index in [0.717, 1.165) is 22.3 Å². The van der Waals surface area contributed by atoms with Gasteiger partial charge >= 0.3 is 0 Å². The summed E-state index contributed by atoms with van der Waals surface area (Å²) < 4.78 is 13.7. The van der Waals surface area contributed by atoms with Gasteiger partial charge in [-0.25, -0.2) is 4.39 Å². The smallest absolute Gasteiger partial charge is 0.126 e. The summed E-state index contributed by atoms with van der Waals surface area (Å²) in [5.41, 5.74) is 17.3. The number of aryl methyl sites for hydroxylation is 1. The molecule has 2 aromatic carbocycles. The van der Waals surface area contributed by atoms with Gasteiger partial charge in [0.1, 0.15) is 5.82 Å². The lowest BCUT2D eigenvalue weighted by Gasteiger charge is -2.33. The van der Waals surface area contributed by atoms with Crippen LogP contribution >= 0.6 is 0 Å². The number of nitrogens with zero attached hydrogens (tertiary/aromatic N) is 1. The Kier molecular flexibility index (Phi) is 4.40. The maximum absolute atomic E-state index is 13.7. The number of hydrogen-bond donors (Lipinski definition) is 2. The van der Waals surface area contributed by atoms with Gasteiger partial charge in [-0.15, -0.1) is 0 Å². The molecule has 1 aliphatic rings. The van der Waals surface area contributed by atoms with Crippen LogP contribution in [-0.4, -0.2) is 11.9 Å². The predicted octanol–water partition coefficient (Wildman–Crippen LogP) is 3.76. The third kappa shape index (κ3) is 2.93. The first-order valence-electron chi connectivity index (χ1n) is 7.96. The molecule has 24 heavy (non-hydrogen) atoms. The van der Waals surface area contributed by atoms with Crippen molar-refractivity contribution in [2.75, 3.05) is 12.8 Å². The quantitative estimate of drug-likeness (QED) is 0.846. The van der Waals surface area contributed by atoms with Crippen LogP contribution in [0.3, 0.4) is 0 Å². The molecule has 0 spiro atoms. The Labute approximate surface area is 142 Å². The average Bonchev–Trinajstić information content (AvgIpc) is 2.58. The van der Waals surface area contributed by atoms with Crippen molar-refractivity contribution in [2.45, 2.75) is 19.5 Å². The van der Waals surface area contributed by atoms with Crippen LogP contribution in [0.1, 0.15) is 28.3 Å². The van der Waals surface area contributed by atoms with Crippen LogP contribution in [0.25, 0.3) is 5.57 Å². The standard InChI is InChI=1S/C20H22FN3/c1-13-10-15(5-7-18(13)21)20-17(4-3-9-24(20)2)14-6-8-19(23)16(11-14)12-22/h3-11,20H,12,22-23H2,1-2H3. The third-order valence-electron chi connectivity index (χ3n) is 4.49. The second-order valence-electron chi connectivity index (χ2n) is 6.16. The number of nitrogen functional groups attached to an aromatic ring is 1. The fourth-order valence-electron chi connectivity index (χ4n) is 3.15. The molecule has 4 heteroatoms. The zero-order valence-corrected chi connectivity index (χ0v) is 14.0. The highest BCUT2D eigenvalue weighted by molar-refractivity contribution is 5.75. The molecule has 0 saturated carbocycles. The summed E-state index contributed by atoms with van der Waals surface area (Å²) in [4.78, 5) is 2.13. The molecular weight excluding hydrogens is 301 g/mol. The van der Waals surface area contributed by atoms with E-state index in [-0.39, 0.29) is 11.9 Å². The lowest BCUT2D eigenvalue weighted by Crippen LogP contribution is -2.23. The monoisotopic (exact) mass is 323 g/mol. The number of rotatable bonds is 3. The molecule has 0 bridgehead atoms. The van der Waals surface area contributed by atoms with Gasteiger partial charge in [0.25, 0.3) is 0 Å². The molecule has 3 rings (SSSR count). The summed E-state index contributed by atoms with van der Waals surface area (Å²) in [7, 11) is 2.02. The van der Waals surface area contributed by atoms with E-state index >= 15 is 0 Å². The van der Waals surface area contributed by atoms with Crippen molar-refractivity contribution in [3.63, 3.8) is 0 Å². The minimum absolute atomic E-state index is 0.0172. The molecule has 4 N–H and O–H groups in total. The Hall–Kier alpha value is -2.59. The maximum Gasteiger partial charge on any atom is 0.126 e. The summed E-state index contributed by atoms with van der Waals surface area (Å²) >= 11 is 0. The molecule has 0 fully saturated rings. The van der Waals surface area contributed by atoms with Crippen LogP contribution in [0.5, 0.6) is 0 Å². The van der Waals surface area contributed by atoms with Crippen molar-refractivity contribution in [1.82, 2.24) is 4.90 Å². The molecule has 0 aliphatic carbocycles. The van der Waals surface area contributed by atoms with E-state index in [1.807, 2.05) is 49.7 Å². The lowest BCUT2D eigenvalue weighted by molar-refractivity contribution is 0.400. The van der Waals surface area contributed by atoms with E-state index in [1.165, 1.54) is 6.07 Å². The first-order valence-corrected chi connectivity index (χ1v) is 7.96. The van der Waals surface area contributed by atoms with Crippen molar-refractivity contribution in [2.24, 2.45) is 5.73 Å². The summed E-state index contributed by atoms with van der Waals surface area (Å²) in [6.07, 6.45) is 6.13. The average molecular weight is 323 g/mol. The molecule has 1 unspecified atom stereocenters. The Morgan fingerprint density at radius 1 is 1.17 bits per heavy atom. The third-order valence-corrected chi connectivity index (χ3v) is 4.49. The summed E-state index contributed by atoms with van der Waals surface area (Å²) in [5.74, 6) is -0.184. The van der Waals surface area contributed by atoms with Crippen LogP contribution in [0.15, 0.2) is 54.8 Å².